The highest BCUT2D eigenvalue weighted by molar-refractivity contribution is 14.1. The van der Waals surface area contributed by atoms with Gasteiger partial charge in [0.25, 0.3) is 0 Å². The lowest BCUT2D eigenvalue weighted by atomic mass is 10.0. The normalized spacial score (nSPS) is 12.4. The number of nitrogens with one attached hydrogen (secondary N) is 1. The summed E-state index contributed by atoms with van der Waals surface area (Å²) in [6.45, 7) is 5.86. The van der Waals surface area contributed by atoms with Crippen LogP contribution in [0.4, 0.5) is 0 Å². The Hall–Kier alpha value is -0.600. The van der Waals surface area contributed by atoms with Crippen molar-refractivity contribution in [3.05, 3.63) is 43.7 Å². The quantitative estimate of drug-likeness (QED) is 0.658. The van der Waals surface area contributed by atoms with Crippen LogP contribution in [0.1, 0.15) is 31.1 Å². The summed E-state index contributed by atoms with van der Waals surface area (Å²) in [5, 5.41) is 7.97. The van der Waals surface area contributed by atoms with Crippen molar-refractivity contribution in [2.24, 2.45) is 0 Å². The number of nitrogens with zero attached hydrogens (tertiary/aromatic N) is 2. The Morgan fingerprint density at radius 3 is 2.81 bits per heavy atom. The summed E-state index contributed by atoms with van der Waals surface area (Å²) < 4.78 is 9.78. The molecule has 0 spiro atoms. The fourth-order valence-electron chi connectivity index (χ4n) is 2.37. The lowest BCUT2D eigenvalue weighted by Crippen LogP contribution is -2.25. The Labute approximate surface area is 147 Å². The second-order valence-corrected chi connectivity index (χ2v) is 6.67. The van der Waals surface area contributed by atoms with E-state index >= 15 is 0 Å². The molecule has 1 aromatic heterocycles. The molecule has 2 rings (SSSR count). The van der Waals surface area contributed by atoms with Crippen LogP contribution in [0.2, 0.25) is 0 Å². The summed E-state index contributed by atoms with van der Waals surface area (Å²) in [4.78, 5) is 0. The second-order valence-electron chi connectivity index (χ2n) is 4.57. The van der Waals surface area contributed by atoms with Crippen LogP contribution < -0.4 is 10.1 Å². The number of hydrogen-bond donors (Lipinski definition) is 1. The summed E-state index contributed by atoms with van der Waals surface area (Å²) in [6.07, 6.45) is 1.78. The van der Waals surface area contributed by atoms with Crippen molar-refractivity contribution < 1.29 is 4.74 Å². The molecule has 0 saturated heterocycles. The van der Waals surface area contributed by atoms with E-state index in [0.717, 1.165) is 29.0 Å². The van der Waals surface area contributed by atoms with Crippen LogP contribution in [0.3, 0.4) is 0 Å². The first-order valence-electron chi connectivity index (χ1n) is 6.90. The van der Waals surface area contributed by atoms with Crippen LogP contribution in [-0.4, -0.2) is 23.4 Å². The molecule has 2 aromatic rings. The number of rotatable bonds is 6. The van der Waals surface area contributed by atoms with E-state index in [0.29, 0.717) is 0 Å². The number of aryl methyl sites for hydroxylation is 1. The molecular formula is C15H19BrIN3O. The second kappa shape index (κ2) is 7.60. The lowest BCUT2D eigenvalue weighted by molar-refractivity contribution is 0.399. The van der Waals surface area contributed by atoms with Gasteiger partial charge in [-0.05, 0) is 59.8 Å². The number of aromatic nitrogens is 2. The van der Waals surface area contributed by atoms with Gasteiger partial charge in [-0.15, -0.1) is 0 Å². The highest BCUT2D eigenvalue weighted by Gasteiger charge is 2.24. The fourth-order valence-corrected chi connectivity index (χ4v) is 3.36. The van der Waals surface area contributed by atoms with Gasteiger partial charge in [-0.2, -0.15) is 5.10 Å². The topological polar surface area (TPSA) is 39.1 Å². The first kappa shape index (κ1) is 16.8. The van der Waals surface area contributed by atoms with Gasteiger partial charge in [0.15, 0.2) is 5.75 Å². The summed E-state index contributed by atoms with van der Waals surface area (Å²) in [5.41, 5.74) is 2.25. The molecule has 1 N–H and O–H groups in total. The van der Waals surface area contributed by atoms with Crippen molar-refractivity contribution >= 4 is 38.5 Å². The summed E-state index contributed by atoms with van der Waals surface area (Å²) in [5.74, 6) is 0.813. The molecule has 21 heavy (non-hydrogen) atoms. The van der Waals surface area contributed by atoms with Crippen LogP contribution in [0.5, 0.6) is 5.75 Å². The van der Waals surface area contributed by atoms with Crippen molar-refractivity contribution in [3.63, 3.8) is 0 Å². The van der Waals surface area contributed by atoms with Gasteiger partial charge in [0, 0.05) is 14.6 Å². The minimum absolute atomic E-state index is 0.0384. The monoisotopic (exact) mass is 463 g/mol. The van der Waals surface area contributed by atoms with Crippen molar-refractivity contribution in [3.8, 4) is 5.75 Å². The molecule has 1 heterocycles. The van der Waals surface area contributed by atoms with E-state index in [9.17, 15) is 0 Å². The Bertz CT molecular complexity index is 593. The molecule has 1 atom stereocenters. The number of benzene rings is 1. The SMILES string of the molecule is CCNC(c1cc(I)ccc1Br)c1c(OC)cnn1CC. The third-order valence-electron chi connectivity index (χ3n) is 3.32. The zero-order valence-electron chi connectivity index (χ0n) is 12.4. The molecule has 4 nitrogen and oxygen atoms in total. The van der Waals surface area contributed by atoms with Gasteiger partial charge in [-0.3, -0.25) is 4.68 Å². The van der Waals surface area contributed by atoms with E-state index in [2.05, 4.69) is 81.0 Å². The molecule has 0 aliphatic rings. The molecule has 0 saturated carbocycles. The zero-order valence-corrected chi connectivity index (χ0v) is 16.1. The predicted octanol–water partition coefficient (Wildman–Crippen LogP) is 3.98. The van der Waals surface area contributed by atoms with Crippen LogP contribution in [-0.2, 0) is 6.54 Å². The minimum Gasteiger partial charge on any atom is -0.493 e. The molecule has 1 unspecified atom stereocenters. The average Bonchev–Trinajstić information content (AvgIpc) is 2.90. The maximum absolute atomic E-state index is 5.51. The maximum Gasteiger partial charge on any atom is 0.161 e. The highest BCUT2D eigenvalue weighted by Crippen LogP contribution is 2.34. The summed E-state index contributed by atoms with van der Waals surface area (Å²) >= 11 is 6.00. The molecule has 0 radical (unpaired) electrons. The Morgan fingerprint density at radius 2 is 2.19 bits per heavy atom. The van der Waals surface area contributed by atoms with Crippen molar-refractivity contribution in [1.29, 1.82) is 0 Å². The Morgan fingerprint density at radius 1 is 1.43 bits per heavy atom. The van der Waals surface area contributed by atoms with E-state index in [1.165, 1.54) is 9.13 Å². The van der Waals surface area contributed by atoms with Crippen LogP contribution >= 0.6 is 38.5 Å². The number of hydrogen-bond acceptors (Lipinski definition) is 3. The van der Waals surface area contributed by atoms with Crippen LogP contribution in [0.25, 0.3) is 0 Å². The minimum atomic E-state index is 0.0384. The predicted molar refractivity (Wildman–Crippen MR) is 96.8 cm³/mol. The maximum atomic E-state index is 5.51. The van der Waals surface area contributed by atoms with Crippen molar-refractivity contribution in [2.75, 3.05) is 13.7 Å². The number of methoxy groups -OCH3 is 1. The van der Waals surface area contributed by atoms with Gasteiger partial charge in [0.05, 0.1) is 19.3 Å². The molecule has 1 aromatic carbocycles. The van der Waals surface area contributed by atoms with Crippen molar-refractivity contribution in [2.45, 2.75) is 26.4 Å². The van der Waals surface area contributed by atoms with Crippen molar-refractivity contribution in [1.82, 2.24) is 15.1 Å². The molecule has 0 aliphatic heterocycles. The van der Waals surface area contributed by atoms with Gasteiger partial charge >= 0.3 is 0 Å². The first-order valence-corrected chi connectivity index (χ1v) is 8.77. The smallest absolute Gasteiger partial charge is 0.161 e. The van der Waals surface area contributed by atoms with Gasteiger partial charge < -0.3 is 10.1 Å². The van der Waals surface area contributed by atoms with Crippen LogP contribution in [0, 0.1) is 3.57 Å². The van der Waals surface area contributed by atoms with Gasteiger partial charge in [-0.25, -0.2) is 0 Å². The first-order chi connectivity index (χ1) is 10.1. The zero-order chi connectivity index (χ0) is 15.4. The molecule has 0 amide bonds. The molecule has 0 bridgehead atoms. The number of ether oxygens (including phenoxy) is 1. The van der Waals surface area contributed by atoms with Gasteiger partial charge in [0.2, 0.25) is 0 Å². The van der Waals surface area contributed by atoms with Gasteiger partial charge in [0.1, 0.15) is 5.69 Å². The fraction of sp³-hybridized carbons (Fsp3) is 0.400. The summed E-state index contributed by atoms with van der Waals surface area (Å²) in [6, 6.07) is 6.40. The Kier molecular flexibility index (Phi) is 6.07. The van der Waals surface area contributed by atoms with E-state index in [4.69, 9.17) is 4.74 Å². The third kappa shape index (κ3) is 3.60. The summed E-state index contributed by atoms with van der Waals surface area (Å²) in [7, 11) is 1.69. The van der Waals surface area contributed by atoms with E-state index in [1.54, 1.807) is 13.3 Å². The standard InChI is InChI=1S/C15H19BrIN3O/c1-4-18-14(11-8-10(17)6-7-12(11)16)15-13(21-3)9-19-20(15)5-2/h6-9,14,18H,4-5H2,1-3H3. The average molecular weight is 464 g/mol. The Balaban J connectivity index is 2.58. The van der Waals surface area contributed by atoms with E-state index in [-0.39, 0.29) is 6.04 Å². The highest BCUT2D eigenvalue weighted by atomic mass is 127. The lowest BCUT2D eigenvalue weighted by Gasteiger charge is -2.22. The molecule has 114 valence electrons. The number of halogens is 2. The van der Waals surface area contributed by atoms with Crippen LogP contribution in [0.15, 0.2) is 28.9 Å². The molecule has 0 fully saturated rings. The molecule has 0 aliphatic carbocycles. The third-order valence-corrected chi connectivity index (χ3v) is 4.71. The molecule has 6 heteroatoms. The largest absolute Gasteiger partial charge is 0.493 e. The van der Waals surface area contributed by atoms with E-state index in [1.807, 2.05) is 4.68 Å². The van der Waals surface area contributed by atoms with E-state index < -0.39 is 0 Å². The van der Waals surface area contributed by atoms with Gasteiger partial charge in [-0.1, -0.05) is 22.9 Å². The molecular weight excluding hydrogens is 445 g/mol.